The molecule has 14 heavy (non-hydrogen) atoms. The van der Waals surface area contributed by atoms with E-state index in [1.54, 1.807) is 12.1 Å². The lowest BCUT2D eigenvalue weighted by Crippen LogP contribution is -1.81. The first-order valence-electron chi connectivity index (χ1n) is 4.93. The molecule has 0 atom stereocenters. The van der Waals surface area contributed by atoms with Gasteiger partial charge in [-0.05, 0) is 23.9 Å². The smallest absolute Gasteiger partial charge is 0.131 e. The van der Waals surface area contributed by atoms with E-state index in [1.165, 1.54) is 6.07 Å². The topological polar surface area (TPSA) is 0 Å². The Kier molecular flexibility index (Phi) is 3.63. The van der Waals surface area contributed by atoms with Gasteiger partial charge in [-0.1, -0.05) is 44.2 Å². The summed E-state index contributed by atoms with van der Waals surface area (Å²) in [6, 6.07) is 10.8. The van der Waals surface area contributed by atoms with Crippen LogP contribution in [0.25, 0.3) is 10.8 Å². The molecule has 0 radical (unpaired) electrons. The molecule has 74 valence electrons. The second-order valence-electron chi connectivity index (χ2n) is 2.91. The van der Waals surface area contributed by atoms with Gasteiger partial charge in [-0.2, -0.15) is 0 Å². The molecule has 0 heterocycles. The number of hydrogen-bond donors (Lipinski definition) is 0. The van der Waals surface area contributed by atoms with Gasteiger partial charge in [0.05, 0.1) is 0 Å². The molecule has 0 spiro atoms. The zero-order chi connectivity index (χ0) is 10.6. The molecular formula is C13H15F. The van der Waals surface area contributed by atoms with Crippen molar-refractivity contribution in [1.29, 1.82) is 0 Å². The normalized spacial score (nSPS) is 9.43. The van der Waals surface area contributed by atoms with E-state index in [4.69, 9.17) is 0 Å². The lowest BCUT2D eigenvalue weighted by molar-refractivity contribution is 0.640. The molecule has 0 N–H and O–H groups in total. The molecule has 2 aromatic rings. The van der Waals surface area contributed by atoms with E-state index in [0.29, 0.717) is 5.39 Å². The van der Waals surface area contributed by atoms with Gasteiger partial charge >= 0.3 is 0 Å². The molecule has 2 rings (SSSR count). The van der Waals surface area contributed by atoms with Crippen LogP contribution in [-0.4, -0.2) is 0 Å². The standard InChI is InChI=1S/C11H9F.C2H6/c1-8-4-2-6-10-9(8)5-3-7-11(10)12;1-2/h2-7H,1H3;1-2H3. The van der Waals surface area contributed by atoms with E-state index in [1.807, 2.05) is 39.0 Å². The molecule has 0 nitrogen and oxygen atoms in total. The molecule has 0 aliphatic rings. The average Bonchev–Trinajstić information content (AvgIpc) is 2.23. The van der Waals surface area contributed by atoms with Crippen molar-refractivity contribution in [2.45, 2.75) is 20.8 Å². The Morgan fingerprint density at radius 2 is 1.43 bits per heavy atom. The van der Waals surface area contributed by atoms with E-state index in [2.05, 4.69) is 0 Å². The van der Waals surface area contributed by atoms with Crippen molar-refractivity contribution in [2.24, 2.45) is 0 Å². The first kappa shape index (κ1) is 10.7. The van der Waals surface area contributed by atoms with Crippen molar-refractivity contribution in [3.63, 3.8) is 0 Å². The highest BCUT2D eigenvalue weighted by Crippen LogP contribution is 2.20. The summed E-state index contributed by atoms with van der Waals surface area (Å²) in [4.78, 5) is 0. The molecule has 0 fully saturated rings. The van der Waals surface area contributed by atoms with Crippen LogP contribution in [-0.2, 0) is 0 Å². The number of benzene rings is 2. The fraction of sp³-hybridized carbons (Fsp3) is 0.231. The third kappa shape index (κ3) is 1.92. The molecule has 0 aromatic heterocycles. The van der Waals surface area contributed by atoms with E-state index in [9.17, 15) is 4.39 Å². The van der Waals surface area contributed by atoms with Gasteiger partial charge in [0.15, 0.2) is 0 Å². The number of halogens is 1. The monoisotopic (exact) mass is 190 g/mol. The van der Waals surface area contributed by atoms with Crippen LogP contribution in [0.4, 0.5) is 4.39 Å². The number of aryl methyl sites for hydroxylation is 1. The predicted molar refractivity (Wildman–Crippen MR) is 60.0 cm³/mol. The molecule has 2 aromatic carbocycles. The van der Waals surface area contributed by atoms with E-state index < -0.39 is 0 Å². The maximum Gasteiger partial charge on any atom is 0.131 e. The zero-order valence-electron chi connectivity index (χ0n) is 8.84. The lowest BCUT2D eigenvalue weighted by atomic mass is 10.1. The first-order chi connectivity index (χ1) is 6.79. The van der Waals surface area contributed by atoms with Crippen molar-refractivity contribution in [2.75, 3.05) is 0 Å². The molecule has 0 saturated heterocycles. The Morgan fingerprint density at radius 1 is 0.857 bits per heavy atom. The summed E-state index contributed by atoms with van der Waals surface area (Å²) in [6.45, 7) is 5.99. The minimum atomic E-state index is -0.142. The first-order valence-corrected chi connectivity index (χ1v) is 4.93. The third-order valence-electron chi connectivity index (χ3n) is 2.09. The van der Waals surface area contributed by atoms with Crippen molar-refractivity contribution in [3.05, 3.63) is 47.8 Å². The summed E-state index contributed by atoms with van der Waals surface area (Å²) in [7, 11) is 0. The predicted octanol–water partition coefficient (Wildman–Crippen LogP) is 4.31. The number of fused-ring (bicyclic) bond motifs is 1. The van der Waals surface area contributed by atoms with Gasteiger partial charge in [0, 0.05) is 5.39 Å². The summed E-state index contributed by atoms with van der Waals surface area (Å²) in [5, 5.41) is 1.70. The molecule has 0 amide bonds. The van der Waals surface area contributed by atoms with Crippen LogP contribution in [0.2, 0.25) is 0 Å². The summed E-state index contributed by atoms with van der Waals surface area (Å²) in [5.74, 6) is -0.142. The Morgan fingerprint density at radius 3 is 2.07 bits per heavy atom. The zero-order valence-corrected chi connectivity index (χ0v) is 8.84. The minimum absolute atomic E-state index is 0.142. The highest BCUT2D eigenvalue weighted by atomic mass is 19.1. The lowest BCUT2D eigenvalue weighted by Gasteiger charge is -2.01. The fourth-order valence-electron chi connectivity index (χ4n) is 1.43. The van der Waals surface area contributed by atoms with Crippen LogP contribution in [0.1, 0.15) is 19.4 Å². The second kappa shape index (κ2) is 4.75. The number of rotatable bonds is 0. The third-order valence-corrected chi connectivity index (χ3v) is 2.09. The molecule has 0 unspecified atom stereocenters. The Bertz CT molecular complexity index is 377. The van der Waals surface area contributed by atoms with Crippen molar-refractivity contribution < 1.29 is 4.39 Å². The largest absolute Gasteiger partial charge is 0.206 e. The molecule has 0 aliphatic carbocycles. The summed E-state index contributed by atoms with van der Waals surface area (Å²) >= 11 is 0. The second-order valence-corrected chi connectivity index (χ2v) is 2.91. The Balaban J connectivity index is 0.000000461. The average molecular weight is 190 g/mol. The number of hydrogen-bond acceptors (Lipinski definition) is 0. The summed E-state index contributed by atoms with van der Waals surface area (Å²) in [6.07, 6.45) is 0. The minimum Gasteiger partial charge on any atom is -0.206 e. The maximum absolute atomic E-state index is 13.2. The molecular weight excluding hydrogens is 175 g/mol. The van der Waals surface area contributed by atoms with E-state index >= 15 is 0 Å². The highest BCUT2D eigenvalue weighted by Gasteiger charge is 1.99. The van der Waals surface area contributed by atoms with Crippen molar-refractivity contribution in [3.8, 4) is 0 Å². The molecule has 1 heteroatoms. The van der Waals surface area contributed by atoms with Crippen LogP contribution >= 0.6 is 0 Å². The van der Waals surface area contributed by atoms with Crippen LogP contribution in [0, 0.1) is 12.7 Å². The SMILES string of the molecule is CC.Cc1cccc2c(F)cccc12. The van der Waals surface area contributed by atoms with Crippen LogP contribution in [0.3, 0.4) is 0 Å². The van der Waals surface area contributed by atoms with Gasteiger partial charge in [0.25, 0.3) is 0 Å². The molecule has 0 bridgehead atoms. The fourth-order valence-corrected chi connectivity index (χ4v) is 1.43. The van der Waals surface area contributed by atoms with Crippen molar-refractivity contribution >= 4 is 10.8 Å². The van der Waals surface area contributed by atoms with Gasteiger partial charge in [-0.15, -0.1) is 0 Å². The van der Waals surface area contributed by atoms with Crippen molar-refractivity contribution in [1.82, 2.24) is 0 Å². The maximum atomic E-state index is 13.2. The van der Waals surface area contributed by atoms with Crippen LogP contribution in [0.5, 0.6) is 0 Å². The Labute approximate surface area is 84.4 Å². The van der Waals surface area contributed by atoms with Gasteiger partial charge in [-0.25, -0.2) is 4.39 Å². The van der Waals surface area contributed by atoms with Gasteiger partial charge in [-0.3, -0.25) is 0 Å². The molecule has 0 saturated carbocycles. The van der Waals surface area contributed by atoms with Gasteiger partial charge in [0.2, 0.25) is 0 Å². The van der Waals surface area contributed by atoms with Gasteiger partial charge in [0.1, 0.15) is 5.82 Å². The highest BCUT2D eigenvalue weighted by molar-refractivity contribution is 5.85. The quantitative estimate of drug-likeness (QED) is 0.580. The Hall–Kier alpha value is -1.37. The van der Waals surface area contributed by atoms with E-state index in [-0.39, 0.29) is 5.82 Å². The van der Waals surface area contributed by atoms with Gasteiger partial charge < -0.3 is 0 Å². The summed E-state index contributed by atoms with van der Waals surface area (Å²) < 4.78 is 13.2. The van der Waals surface area contributed by atoms with Crippen LogP contribution in [0.15, 0.2) is 36.4 Å². The van der Waals surface area contributed by atoms with E-state index in [0.717, 1.165) is 10.9 Å². The molecule has 0 aliphatic heterocycles. The van der Waals surface area contributed by atoms with Crippen LogP contribution < -0.4 is 0 Å². The summed E-state index contributed by atoms with van der Waals surface area (Å²) in [5.41, 5.74) is 1.12.